The van der Waals surface area contributed by atoms with E-state index in [1.54, 1.807) is 7.11 Å². The van der Waals surface area contributed by atoms with Crippen molar-refractivity contribution in [3.05, 3.63) is 0 Å². The Morgan fingerprint density at radius 3 is 2.69 bits per heavy atom. The first-order valence-corrected chi connectivity index (χ1v) is 5.39. The summed E-state index contributed by atoms with van der Waals surface area (Å²) in [7, 11) is 1.63. The summed E-state index contributed by atoms with van der Waals surface area (Å²) in [5.74, 6) is -0.221. The number of amides is 3. The Hall–Kier alpha value is -1.14. The zero-order valence-corrected chi connectivity index (χ0v) is 9.53. The molecule has 0 aromatic carbocycles. The highest BCUT2D eigenvalue weighted by atomic mass is 16.5. The van der Waals surface area contributed by atoms with Gasteiger partial charge in [0.1, 0.15) is 6.54 Å². The smallest absolute Gasteiger partial charge is 0.324 e. The van der Waals surface area contributed by atoms with Crippen molar-refractivity contribution in [1.82, 2.24) is 10.2 Å². The van der Waals surface area contributed by atoms with E-state index in [1.165, 1.54) is 4.90 Å². The molecule has 0 spiro atoms. The maximum Gasteiger partial charge on any atom is 0.324 e. The van der Waals surface area contributed by atoms with Gasteiger partial charge in [0.05, 0.1) is 13.2 Å². The van der Waals surface area contributed by atoms with Gasteiger partial charge in [-0.1, -0.05) is 0 Å². The molecule has 1 aliphatic rings. The molecule has 0 unspecified atom stereocenters. The lowest BCUT2D eigenvalue weighted by Crippen LogP contribution is -2.29. The van der Waals surface area contributed by atoms with E-state index >= 15 is 0 Å². The number of nitrogens with one attached hydrogen (secondary N) is 1. The van der Waals surface area contributed by atoms with Crippen LogP contribution in [0.2, 0.25) is 0 Å². The molecule has 16 heavy (non-hydrogen) atoms. The fourth-order valence-electron chi connectivity index (χ4n) is 1.41. The van der Waals surface area contributed by atoms with Crippen LogP contribution in [0.4, 0.5) is 4.79 Å². The number of carbonyl (C=O) groups is 2. The second kappa shape index (κ2) is 7.19. The fraction of sp³-hybridized carbons (Fsp3) is 0.800. The third kappa shape index (κ3) is 4.59. The van der Waals surface area contributed by atoms with Crippen LogP contribution in [-0.2, 0) is 14.3 Å². The summed E-state index contributed by atoms with van der Waals surface area (Å²) in [4.78, 5) is 23.5. The second-order valence-corrected chi connectivity index (χ2v) is 3.59. The summed E-state index contributed by atoms with van der Waals surface area (Å²) >= 11 is 0. The molecule has 0 bridgehead atoms. The number of methoxy groups -OCH3 is 1. The van der Waals surface area contributed by atoms with Gasteiger partial charge in [0, 0.05) is 20.3 Å². The largest absolute Gasteiger partial charge is 0.382 e. The minimum atomic E-state index is -0.287. The Kier molecular flexibility index (Phi) is 5.81. The Labute approximate surface area is 94.9 Å². The molecule has 0 radical (unpaired) electrons. The van der Waals surface area contributed by atoms with Crippen LogP contribution in [0, 0.1) is 0 Å². The van der Waals surface area contributed by atoms with E-state index in [9.17, 15) is 9.59 Å². The van der Waals surface area contributed by atoms with Gasteiger partial charge in [0.15, 0.2) is 0 Å². The summed E-state index contributed by atoms with van der Waals surface area (Å²) in [5, 5.41) is 2.24. The minimum Gasteiger partial charge on any atom is -0.382 e. The summed E-state index contributed by atoms with van der Waals surface area (Å²) in [6.07, 6.45) is 1.72. The number of hydrogen-bond donors (Lipinski definition) is 1. The average Bonchev–Trinajstić information content (AvgIpc) is 2.56. The molecular weight excluding hydrogens is 212 g/mol. The van der Waals surface area contributed by atoms with Gasteiger partial charge < -0.3 is 14.4 Å². The van der Waals surface area contributed by atoms with Gasteiger partial charge in [-0.3, -0.25) is 10.1 Å². The lowest BCUT2D eigenvalue weighted by molar-refractivity contribution is -0.118. The molecule has 0 aromatic heterocycles. The number of hydrogen-bond acceptors (Lipinski definition) is 4. The molecule has 1 fully saturated rings. The first-order chi connectivity index (χ1) is 7.74. The van der Waals surface area contributed by atoms with Crippen LogP contribution in [0.15, 0.2) is 0 Å². The molecule has 0 atom stereocenters. The Morgan fingerprint density at radius 2 is 2.06 bits per heavy atom. The number of urea groups is 1. The zero-order valence-electron chi connectivity index (χ0n) is 9.53. The van der Waals surface area contributed by atoms with Crippen molar-refractivity contribution in [3.8, 4) is 0 Å². The molecule has 1 rings (SSSR count). The quantitative estimate of drug-likeness (QED) is 0.470. The van der Waals surface area contributed by atoms with Crippen LogP contribution < -0.4 is 5.32 Å². The van der Waals surface area contributed by atoms with E-state index < -0.39 is 0 Å². The number of ether oxygens (including phenoxy) is 2. The molecule has 1 N–H and O–H groups in total. The Bertz CT molecular complexity index is 245. The van der Waals surface area contributed by atoms with E-state index in [2.05, 4.69) is 5.32 Å². The maximum absolute atomic E-state index is 11.1. The minimum absolute atomic E-state index is 0.184. The lowest BCUT2D eigenvalue weighted by Gasteiger charge is -2.12. The third-order valence-electron chi connectivity index (χ3n) is 2.27. The predicted octanol–water partition coefficient (Wildman–Crippen LogP) is -0.0186. The first-order valence-electron chi connectivity index (χ1n) is 5.39. The first kappa shape index (κ1) is 12.9. The number of imide groups is 1. The normalized spacial score (nSPS) is 15.7. The van der Waals surface area contributed by atoms with Crippen LogP contribution >= 0.6 is 0 Å². The second-order valence-electron chi connectivity index (χ2n) is 3.59. The SMILES string of the molecule is COCCOCCCCN1CC(=O)NC1=O. The predicted molar refractivity (Wildman–Crippen MR) is 57.0 cm³/mol. The van der Waals surface area contributed by atoms with Crippen molar-refractivity contribution in [1.29, 1.82) is 0 Å². The average molecular weight is 230 g/mol. The van der Waals surface area contributed by atoms with E-state index in [4.69, 9.17) is 9.47 Å². The monoisotopic (exact) mass is 230 g/mol. The molecule has 6 nitrogen and oxygen atoms in total. The highest BCUT2D eigenvalue weighted by Crippen LogP contribution is 2.01. The molecule has 3 amide bonds. The summed E-state index contributed by atoms with van der Waals surface area (Å²) in [6, 6.07) is -0.287. The van der Waals surface area contributed by atoms with E-state index in [-0.39, 0.29) is 18.5 Å². The molecule has 92 valence electrons. The summed E-state index contributed by atoms with van der Waals surface area (Å²) in [5.41, 5.74) is 0. The standard InChI is InChI=1S/C10H18N2O4/c1-15-6-7-16-5-3-2-4-12-8-9(13)11-10(12)14/h2-8H2,1H3,(H,11,13,14). The van der Waals surface area contributed by atoms with Gasteiger partial charge >= 0.3 is 6.03 Å². The van der Waals surface area contributed by atoms with Crippen molar-refractivity contribution in [3.63, 3.8) is 0 Å². The Balaban J connectivity index is 1.95. The number of unbranched alkanes of at least 4 members (excludes halogenated alkanes) is 1. The van der Waals surface area contributed by atoms with Crippen LogP contribution in [0.5, 0.6) is 0 Å². The number of rotatable bonds is 8. The lowest BCUT2D eigenvalue weighted by atomic mass is 10.3. The molecule has 0 aliphatic carbocycles. The highest BCUT2D eigenvalue weighted by Gasteiger charge is 2.25. The molecule has 6 heteroatoms. The van der Waals surface area contributed by atoms with Gasteiger partial charge in [0.25, 0.3) is 0 Å². The molecule has 1 aliphatic heterocycles. The van der Waals surface area contributed by atoms with Gasteiger partial charge in [0.2, 0.25) is 5.91 Å². The topological polar surface area (TPSA) is 67.9 Å². The maximum atomic E-state index is 11.1. The van der Waals surface area contributed by atoms with Gasteiger partial charge in [-0.05, 0) is 12.8 Å². The number of carbonyl (C=O) groups excluding carboxylic acids is 2. The third-order valence-corrected chi connectivity index (χ3v) is 2.27. The van der Waals surface area contributed by atoms with E-state index in [0.717, 1.165) is 12.8 Å². The van der Waals surface area contributed by atoms with Gasteiger partial charge in [-0.25, -0.2) is 4.79 Å². The van der Waals surface area contributed by atoms with Crippen molar-refractivity contribution >= 4 is 11.9 Å². The summed E-state index contributed by atoms with van der Waals surface area (Å²) in [6.45, 7) is 2.64. The Morgan fingerprint density at radius 1 is 1.25 bits per heavy atom. The van der Waals surface area contributed by atoms with Gasteiger partial charge in [-0.15, -0.1) is 0 Å². The molecular formula is C10H18N2O4. The van der Waals surface area contributed by atoms with Crippen molar-refractivity contribution < 1.29 is 19.1 Å². The van der Waals surface area contributed by atoms with Crippen LogP contribution in [0.25, 0.3) is 0 Å². The molecule has 0 aromatic rings. The fourth-order valence-corrected chi connectivity index (χ4v) is 1.41. The number of nitrogens with zero attached hydrogens (tertiary/aromatic N) is 1. The van der Waals surface area contributed by atoms with Crippen molar-refractivity contribution in [2.75, 3.05) is 40.0 Å². The van der Waals surface area contributed by atoms with Crippen LogP contribution in [0.3, 0.4) is 0 Å². The molecule has 1 saturated heterocycles. The van der Waals surface area contributed by atoms with E-state index in [1.807, 2.05) is 0 Å². The molecule has 1 heterocycles. The van der Waals surface area contributed by atoms with Crippen molar-refractivity contribution in [2.24, 2.45) is 0 Å². The van der Waals surface area contributed by atoms with Crippen LogP contribution in [-0.4, -0.2) is 56.9 Å². The zero-order chi connectivity index (χ0) is 11.8. The highest BCUT2D eigenvalue weighted by molar-refractivity contribution is 6.01. The molecule has 0 saturated carbocycles. The van der Waals surface area contributed by atoms with E-state index in [0.29, 0.717) is 26.4 Å². The van der Waals surface area contributed by atoms with Crippen LogP contribution in [0.1, 0.15) is 12.8 Å². The van der Waals surface area contributed by atoms with Crippen molar-refractivity contribution in [2.45, 2.75) is 12.8 Å². The van der Waals surface area contributed by atoms with Gasteiger partial charge in [-0.2, -0.15) is 0 Å². The summed E-state index contributed by atoms with van der Waals surface area (Å²) < 4.78 is 10.1.